The maximum absolute atomic E-state index is 5.73. The Kier molecular flexibility index (Phi) is 5.83. The van der Waals surface area contributed by atoms with Crippen molar-refractivity contribution in [3.63, 3.8) is 0 Å². The van der Waals surface area contributed by atoms with Crippen LogP contribution in [0.25, 0.3) is 0 Å². The lowest BCUT2D eigenvalue weighted by atomic mass is 9.95. The van der Waals surface area contributed by atoms with E-state index in [-0.39, 0.29) is 5.60 Å². The van der Waals surface area contributed by atoms with Crippen LogP contribution in [0.1, 0.15) is 46.2 Å². The van der Waals surface area contributed by atoms with E-state index >= 15 is 0 Å². The molecule has 1 atom stereocenters. The Morgan fingerprint density at radius 1 is 1.17 bits per heavy atom. The van der Waals surface area contributed by atoms with Crippen LogP contribution in [-0.4, -0.2) is 18.8 Å². The van der Waals surface area contributed by atoms with Crippen LogP contribution in [0.3, 0.4) is 0 Å². The normalized spacial score (nSPS) is 13.9. The molecule has 0 radical (unpaired) electrons. The lowest BCUT2D eigenvalue weighted by Gasteiger charge is -2.30. The van der Waals surface area contributed by atoms with Gasteiger partial charge in [0.05, 0.1) is 5.60 Å². The van der Waals surface area contributed by atoms with Crippen molar-refractivity contribution in [2.24, 2.45) is 5.92 Å². The Morgan fingerprint density at radius 2 is 1.78 bits per heavy atom. The molecule has 1 N–H and O–H groups in total. The summed E-state index contributed by atoms with van der Waals surface area (Å²) in [6.07, 6.45) is 0. The van der Waals surface area contributed by atoms with Gasteiger partial charge in [0, 0.05) is 19.2 Å². The number of ether oxygens (including phenoxy) is 1. The fourth-order valence-corrected chi connectivity index (χ4v) is 2.20. The molecule has 0 fully saturated rings. The highest BCUT2D eigenvalue weighted by Crippen LogP contribution is 2.22. The van der Waals surface area contributed by atoms with Crippen molar-refractivity contribution < 1.29 is 4.74 Å². The van der Waals surface area contributed by atoms with E-state index in [1.54, 1.807) is 0 Å². The third kappa shape index (κ3) is 4.79. The van der Waals surface area contributed by atoms with E-state index in [0.717, 1.165) is 13.2 Å². The number of nitrogens with one attached hydrogen (secondary N) is 1. The molecule has 0 aromatic heterocycles. The third-order valence-corrected chi connectivity index (χ3v) is 3.11. The Balaban J connectivity index is 2.65. The summed E-state index contributed by atoms with van der Waals surface area (Å²) >= 11 is 0. The molecule has 0 aliphatic heterocycles. The number of benzene rings is 1. The van der Waals surface area contributed by atoms with Gasteiger partial charge in [-0.1, -0.05) is 44.2 Å². The zero-order valence-electron chi connectivity index (χ0n) is 12.4. The van der Waals surface area contributed by atoms with Crippen LogP contribution in [0.5, 0.6) is 0 Å². The maximum Gasteiger partial charge on any atom is 0.0750 e. The van der Waals surface area contributed by atoms with Crippen molar-refractivity contribution in [2.75, 3.05) is 13.2 Å². The molecule has 1 rings (SSSR count). The molecule has 0 spiro atoms. The van der Waals surface area contributed by atoms with Gasteiger partial charge < -0.3 is 10.1 Å². The van der Waals surface area contributed by atoms with Crippen molar-refractivity contribution in [1.82, 2.24) is 5.32 Å². The number of hydrogen-bond donors (Lipinski definition) is 1. The monoisotopic (exact) mass is 249 g/mol. The van der Waals surface area contributed by atoms with E-state index in [1.807, 2.05) is 6.92 Å². The van der Waals surface area contributed by atoms with Gasteiger partial charge in [-0.25, -0.2) is 0 Å². The molecule has 0 bridgehead atoms. The fourth-order valence-electron chi connectivity index (χ4n) is 2.20. The third-order valence-electron chi connectivity index (χ3n) is 3.11. The van der Waals surface area contributed by atoms with E-state index in [1.165, 1.54) is 5.56 Å². The van der Waals surface area contributed by atoms with Gasteiger partial charge in [0.25, 0.3) is 0 Å². The van der Waals surface area contributed by atoms with Crippen LogP contribution in [-0.2, 0) is 4.74 Å². The first-order valence-electron chi connectivity index (χ1n) is 6.88. The average Bonchev–Trinajstić information content (AvgIpc) is 2.30. The molecular weight excluding hydrogens is 222 g/mol. The van der Waals surface area contributed by atoms with Crippen LogP contribution in [0.2, 0.25) is 0 Å². The summed E-state index contributed by atoms with van der Waals surface area (Å²) in [6.45, 7) is 12.4. The minimum atomic E-state index is -0.114. The molecule has 0 saturated heterocycles. The SMILES string of the molecule is CCOC(C)(C)CNC(c1ccccc1)C(C)C. The summed E-state index contributed by atoms with van der Waals surface area (Å²) in [5, 5.41) is 3.64. The van der Waals surface area contributed by atoms with Gasteiger partial charge in [-0.05, 0) is 32.3 Å². The molecule has 0 saturated carbocycles. The van der Waals surface area contributed by atoms with Crippen molar-refractivity contribution in [1.29, 1.82) is 0 Å². The zero-order chi connectivity index (χ0) is 13.6. The predicted octanol–water partition coefficient (Wildman–Crippen LogP) is 3.79. The molecule has 0 aliphatic carbocycles. The van der Waals surface area contributed by atoms with E-state index in [0.29, 0.717) is 12.0 Å². The molecule has 1 aromatic rings. The smallest absolute Gasteiger partial charge is 0.0750 e. The molecule has 2 nitrogen and oxygen atoms in total. The lowest BCUT2D eigenvalue weighted by Crippen LogP contribution is -2.40. The summed E-state index contributed by atoms with van der Waals surface area (Å²) in [7, 11) is 0. The second kappa shape index (κ2) is 6.91. The van der Waals surface area contributed by atoms with Crippen molar-refractivity contribution in [3.8, 4) is 0 Å². The molecule has 102 valence electrons. The van der Waals surface area contributed by atoms with E-state index < -0.39 is 0 Å². The van der Waals surface area contributed by atoms with Crippen molar-refractivity contribution in [2.45, 2.75) is 46.3 Å². The quantitative estimate of drug-likeness (QED) is 0.794. The first kappa shape index (κ1) is 15.2. The molecular formula is C16H27NO. The van der Waals surface area contributed by atoms with Gasteiger partial charge in [-0.2, -0.15) is 0 Å². The summed E-state index contributed by atoms with van der Waals surface area (Å²) in [4.78, 5) is 0. The van der Waals surface area contributed by atoms with Crippen LogP contribution in [0.15, 0.2) is 30.3 Å². The van der Waals surface area contributed by atoms with Crippen molar-refractivity contribution >= 4 is 0 Å². The zero-order valence-corrected chi connectivity index (χ0v) is 12.4. The molecule has 2 heteroatoms. The molecule has 18 heavy (non-hydrogen) atoms. The van der Waals surface area contributed by atoms with Crippen molar-refractivity contribution in [3.05, 3.63) is 35.9 Å². The van der Waals surface area contributed by atoms with Gasteiger partial charge in [0.2, 0.25) is 0 Å². The first-order chi connectivity index (χ1) is 8.46. The van der Waals surface area contributed by atoms with Gasteiger partial charge in [0.1, 0.15) is 0 Å². The highest BCUT2D eigenvalue weighted by atomic mass is 16.5. The Hall–Kier alpha value is -0.860. The highest BCUT2D eigenvalue weighted by molar-refractivity contribution is 5.19. The second-order valence-electron chi connectivity index (χ2n) is 5.71. The predicted molar refractivity (Wildman–Crippen MR) is 77.7 cm³/mol. The Morgan fingerprint density at radius 3 is 2.28 bits per heavy atom. The van der Waals surface area contributed by atoms with Crippen LogP contribution in [0, 0.1) is 5.92 Å². The van der Waals surface area contributed by atoms with Gasteiger partial charge in [-0.15, -0.1) is 0 Å². The molecule has 0 heterocycles. The maximum atomic E-state index is 5.73. The number of rotatable bonds is 7. The largest absolute Gasteiger partial charge is 0.375 e. The Labute approximate surface area is 112 Å². The topological polar surface area (TPSA) is 21.3 Å². The van der Waals surface area contributed by atoms with Crippen LogP contribution in [0.4, 0.5) is 0 Å². The van der Waals surface area contributed by atoms with Crippen LogP contribution >= 0.6 is 0 Å². The first-order valence-corrected chi connectivity index (χ1v) is 6.88. The standard InChI is InChI=1S/C16H27NO/c1-6-18-16(4,5)12-17-15(13(2)3)14-10-8-7-9-11-14/h7-11,13,15,17H,6,12H2,1-5H3. The second-order valence-corrected chi connectivity index (χ2v) is 5.71. The van der Waals surface area contributed by atoms with Crippen LogP contribution < -0.4 is 5.32 Å². The fraction of sp³-hybridized carbons (Fsp3) is 0.625. The highest BCUT2D eigenvalue weighted by Gasteiger charge is 2.21. The molecule has 0 amide bonds. The molecule has 0 aliphatic rings. The summed E-state index contributed by atoms with van der Waals surface area (Å²) in [6, 6.07) is 11.0. The van der Waals surface area contributed by atoms with Gasteiger partial charge in [0.15, 0.2) is 0 Å². The summed E-state index contributed by atoms with van der Waals surface area (Å²) < 4.78 is 5.73. The summed E-state index contributed by atoms with van der Waals surface area (Å²) in [5.41, 5.74) is 1.23. The average molecular weight is 249 g/mol. The lowest BCUT2D eigenvalue weighted by molar-refractivity contribution is -0.0115. The van der Waals surface area contributed by atoms with E-state index in [2.05, 4.69) is 63.3 Å². The van der Waals surface area contributed by atoms with E-state index in [4.69, 9.17) is 4.74 Å². The van der Waals surface area contributed by atoms with Gasteiger partial charge >= 0.3 is 0 Å². The van der Waals surface area contributed by atoms with E-state index in [9.17, 15) is 0 Å². The molecule has 1 aromatic carbocycles. The van der Waals surface area contributed by atoms with Gasteiger partial charge in [-0.3, -0.25) is 0 Å². The minimum absolute atomic E-state index is 0.114. The number of hydrogen-bond acceptors (Lipinski definition) is 2. The molecule has 1 unspecified atom stereocenters. The Bertz CT molecular complexity index is 332. The summed E-state index contributed by atoms with van der Waals surface area (Å²) in [5.74, 6) is 0.560. The minimum Gasteiger partial charge on any atom is -0.375 e.